The monoisotopic (exact) mass is 353 g/mol. The number of ether oxygens (including phenoxy) is 2. The number of aldehydes is 1. The van der Waals surface area contributed by atoms with E-state index < -0.39 is 5.54 Å². The molecule has 1 saturated carbocycles. The van der Waals surface area contributed by atoms with Gasteiger partial charge in [-0.15, -0.1) is 0 Å². The predicted octanol–water partition coefficient (Wildman–Crippen LogP) is 3.38. The minimum Gasteiger partial charge on any atom is -0.492 e. The summed E-state index contributed by atoms with van der Waals surface area (Å²) >= 11 is 3.38. The molecule has 0 atom stereocenters. The van der Waals surface area contributed by atoms with E-state index in [2.05, 4.69) is 20.9 Å². The molecule has 112 valence electrons. The summed E-state index contributed by atoms with van der Waals surface area (Å²) in [5, 5.41) is 0. The van der Waals surface area contributed by atoms with Gasteiger partial charge in [-0.1, -0.05) is 12.8 Å². The van der Waals surface area contributed by atoms with Gasteiger partial charge >= 0.3 is 0 Å². The summed E-state index contributed by atoms with van der Waals surface area (Å²) in [7, 11) is 2.99. The fourth-order valence-electron chi connectivity index (χ4n) is 2.97. The highest BCUT2D eigenvalue weighted by atomic mass is 79.9. The Morgan fingerprint density at radius 1 is 1.29 bits per heavy atom. The highest BCUT2D eigenvalue weighted by Crippen LogP contribution is 2.50. The molecule has 0 bridgehead atoms. The molecule has 1 aliphatic carbocycles. The lowest BCUT2D eigenvalue weighted by molar-refractivity contribution is 0.111. The van der Waals surface area contributed by atoms with Crippen molar-refractivity contribution in [2.24, 2.45) is 4.99 Å². The van der Waals surface area contributed by atoms with Crippen molar-refractivity contribution in [3.63, 3.8) is 0 Å². The normalized spacial score (nSPS) is 16.1. The molecule has 0 N–H and O–H groups in total. The van der Waals surface area contributed by atoms with Crippen molar-refractivity contribution in [2.45, 2.75) is 31.2 Å². The van der Waals surface area contributed by atoms with Gasteiger partial charge in [0.15, 0.2) is 17.8 Å². The molecule has 2 rings (SSSR count). The minimum atomic E-state index is -0.649. The van der Waals surface area contributed by atoms with Gasteiger partial charge in [-0.05, 0) is 34.8 Å². The van der Waals surface area contributed by atoms with Crippen LogP contribution in [0, 0.1) is 0 Å². The number of halogens is 1. The molecule has 0 aromatic heterocycles. The van der Waals surface area contributed by atoms with Crippen LogP contribution in [0.5, 0.6) is 11.5 Å². The number of carbonyl (C=O) groups excluding carboxylic acids is 2. The molecule has 1 aliphatic rings. The third-order valence-corrected chi connectivity index (χ3v) is 4.60. The Morgan fingerprint density at radius 2 is 1.90 bits per heavy atom. The molecular weight excluding hydrogens is 338 g/mol. The summed E-state index contributed by atoms with van der Waals surface area (Å²) in [4.78, 5) is 26.2. The third kappa shape index (κ3) is 2.61. The number of hydrogen-bond acceptors (Lipinski definition) is 5. The summed E-state index contributed by atoms with van der Waals surface area (Å²) in [6.07, 6.45) is 5.83. The number of carbonyl (C=O) groups is 1. The van der Waals surface area contributed by atoms with Crippen LogP contribution >= 0.6 is 15.9 Å². The number of methoxy groups -OCH3 is 2. The average Bonchev–Trinajstić information content (AvgIpc) is 2.96. The van der Waals surface area contributed by atoms with Gasteiger partial charge in [-0.3, -0.25) is 4.79 Å². The molecule has 0 aliphatic heterocycles. The van der Waals surface area contributed by atoms with Gasteiger partial charge in [0.05, 0.1) is 19.8 Å². The van der Waals surface area contributed by atoms with Gasteiger partial charge in [0.25, 0.3) is 0 Å². The molecule has 0 heterocycles. The second kappa shape index (κ2) is 6.41. The summed E-state index contributed by atoms with van der Waals surface area (Å²) in [6.45, 7) is 0. The maximum atomic E-state index is 11.3. The van der Waals surface area contributed by atoms with Crippen LogP contribution in [0.4, 0.5) is 0 Å². The summed E-state index contributed by atoms with van der Waals surface area (Å²) in [6, 6.07) is 1.79. The molecule has 5 nitrogen and oxygen atoms in total. The van der Waals surface area contributed by atoms with E-state index >= 15 is 0 Å². The number of hydrogen-bond donors (Lipinski definition) is 0. The first-order valence-corrected chi connectivity index (χ1v) is 7.42. The Morgan fingerprint density at radius 3 is 2.38 bits per heavy atom. The zero-order valence-electron chi connectivity index (χ0n) is 11.9. The van der Waals surface area contributed by atoms with Crippen LogP contribution < -0.4 is 9.47 Å². The lowest BCUT2D eigenvalue weighted by Crippen LogP contribution is -2.21. The second-order valence-electron chi connectivity index (χ2n) is 4.95. The number of isocyanates is 1. The van der Waals surface area contributed by atoms with Crippen molar-refractivity contribution in [3.8, 4) is 11.5 Å². The maximum absolute atomic E-state index is 11.3. The van der Waals surface area contributed by atoms with Crippen molar-refractivity contribution < 1.29 is 19.1 Å². The van der Waals surface area contributed by atoms with E-state index in [0.717, 1.165) is 31.2 Å². The zero-order valence-corrected chi connectivity index (χ0v) is 13.5. The molecule has 0 spiro atoms. The van der Waals surface area contributed by atoms with Crippen molar-refractivity contribution >= 4 is 28.3 Å². The smallest absolute Gasteiger partial charge is 0.235 e. The molecule has 0 unspecified atom stereocenters. The van der Waals surface area contributed by atoms with E-state index in [1.807, 2.05) is 0 Å². The van der Waals surface area contributed by atoms with Crippen molar-refractivity contribution in [2.75, 3.05) is 14.2 Å². The minimum absolute atomic E-state index is 0.351. The molecule has 1 aromatic rings. The van der Waals surface area contributed by atoms with Gasteiger partial charge < -0.3 is 9.47 Å². The van der Waals surface area contributed by atoms with Crippen LogP contribution in [0.1, 0.15) is 41.6 Å². The van der Waals surface area contributed by atoms with Crippen LogP contribution in [0.25, 0.3) is 0 Å². The van der Waals surface area contributed by atoms with E-state index in [9.17, 15) is 9.59 Å². The highest BCUT2D eigenvalue weighted by Gasteiger charge is 2.40. The van der Waals surface area contributed by atoms with Gasteiger partial charge in [0.2, 0.25) is 6.08 Å². The highest BCUT2D eigenvalue weighted by molar-refractivity contribution is 9.10. The van der Waals surface area contributed by atoms with E-state index in [4.69, 9.17) is 9.47 Å². The standard InChI is InChI=1S/C15H16BrNO4/c1-20-13-10(8-18)12(16)7-11(14(13)21-2)15(17-9-19)5-3-4-6-15/h7-8H,3-6H2,1-2H3. The van der Waals surface area contributed by atoms with Crippen molar-refractivity contribution in [3.05, 3.63) is 21.7 Å². The van der Waals surface area contributed by atoms with E-state index in [0.29, 0.717) is 27.8 Å². The first-order valence-electron chi connectivity index (χ1n) is 6.62. The Bertz CT molecular complexity index is 602. The fourth-order valence-corrected chi connectivity index (χ4v) is 3.47. The quantitative estimate of drug-likeness (QED) is 0.462. The first kappa shape index (κ1) is 15.7. The number of aliphatic imine (C=N–C) groups is 1. The third-order valence-electron chi connectivity index (χ3n) is 3.94. The van der Waals surface area contributed by atoms with Crippen LogP contribution in [0.3, 0.4) is 0 Å². The lowest BCUT2D eigenvalue weighted by atomic mass is 9.87. The summed E-state index contributed by atoms with van der Waals surface area (Å²) in [5.74, 6) is 0.799. The topological polar surface area (TPSA) is 65.0 Å². The molecule has 1 fully saturated rings. The van der Waals surface area contributed by atoms with Crippen LogP contribution in [0.15, 0.2) is 15.5 Å². The van der Waals surface area contributed by atoms with Crippen LogP contribution in [0.2, 0.25) is 0 Å². The zero-order chi connectivity index (χ0) is 15.5. The summed E-state index contributed by atoms with van der Waals surface area (Å²) in [5.41, 5.74) is 0.478. The van der Waals surface area contributed by atoms with Gasteiger partial charge in [0.1, 0.15) is 5.54 Å². The molecule has 0 amide bonds. The van der Waals surface area contributed by atoms with Gasteiger partial charge in [0, 0.05) is 10.0 Å². The molecule has 21 heavy (non-hydrogen) atoms. The van der Waals surface area contributed by atoms with Crippen LogP contribution in [-0.4, -0.2) is 26.6 Å². The summed E-state index contributed by atoms with van der Waals surface area (Å²) < 4.78 is 11.4. The van der Waals surface area contributed by atoms with E-state index in [1.54, 1.807) is 12.1 Å². The number of benzene rings is 1. The molecule has 6 heteroatoms. The Kier molecular flexibility index (Phi) is 4.80. The molecule has 1 aromatic carbocycles. The predicted molar refractivity (Wildman–Crippen MR) is 80.9 cm³/mol. The first-order chi connectivity index (χ1) is 10.1. The van der Waals surface area contributed by atoms with Crippen molar-refractivity contribution in [1.82, 2.24) is 0 Å². The van der Waals surface area contributed by atoms with Crippen molar-refractivity contribution in [1.29, 1.82) is 0 Å². The molecule has 0 radical (unpaired) electrons. The van der Waals surface area contributed by atoms with Crippen LogP contribution in [-0.2, 0) is 10.3 Å². The Balaban J connectivity index is 2.76. The molecular formula is C15H16BrNO4. The second-order valence-corrected chi connectivity index (χ2v) is 5.80. The van der Waals surface area contributed by atoms with E-state index in [1.165, 1.54) is 14.2 Å². The Hall–Kier alpha value is -1.65. The van der Waals surface area contributed by atoms with E-state index in [-0.39, 0.29) is 0 Å². The molecule has 0 saturated heterocycles. The largest absolute Gasteiger partial charge is 0.492 e. The fraction of sp³-hybridized carbons (Fsp3) is 0.467. The average molecular weight is 354 g/mol. The number of nitrogens with zero attached hydrogens (tertiary/aromatic N) is 1. The maximum Gasteiger partial charge on any atom is 0.235 e. The number of rotatable bonds is 5. The Labute approximate surface area is 131 Å². The van der Waals surface area contributed by atoms with Gasteiger partial charge in [-0.25, -0.2) is 4.79 Å². The van der Waals surface area contributed by atoms with Gasteiger partial charge in [-0.2, -0.15) is 4.99 Å². The lowest BCUT2D eigenvalue weighted by Gasteiger charge is -2.27. The SMILES string of the molecule is COc1c(C2(N=C=O)CCCC2)cc(Br)c(C=O)c1OC.